The Morgan fingerprint density at radius 1 is 1.02 bits per heavy atom. The van der Waals surface area contributed by atoms with Crippen molar-refractivity contribution in [3.8, 4) is 28.5 Å². The Bertz CT molecular complexity index is 1460. The van der Waals surface area contributed by atoms with Gasteiger partial charge in [-0.2, -0.15) is 0 Å². The van der Waals surface area contributed by atoms with Crippen molar-refractivity contribution in [2.45, 2.75) is 19.4 Å². The van der Waals surface area contributed by atoms with E-state index in [1.54, 1.807) is 39.7 Å². The summed E-state index contributed by atoms with van der Waals surface area (Å²) in [5.41, 5.74) is 3.11. The molecule has 4 heterocycles. The summed E-state index contributed by atoms with van der Waals surface area (Å²) in [6.45, 7) is 3.08. The van der Waals surface area contributed by atoms with Crippen molar-refractivity contribution in [2.75, 3.05) is 45.9 Å². The molecule has 2 amide bonds. The third-order valence-corrected chi connectivity index (χ3v) is 7.86. The first-order valence-corrected chi connectivity index (χ1v) is 14.1. The molecule has 3 aromatic rings. The molecule has 0 bridgehead atoms. The molecule has 2 aliphatic heterocycles. The number of nitrogens with zero attached hydrogens (tertiary/aromatic N) is 4. The summed E-state index contributed by atoms with van der Waals surface area (Å²) < 4.78 is 16.5. The number of methoxy groups -OCH3 is 3. The first kappa shape index (κ1) is 28.4. The van der Waals surface area contributed by atoms with E-state index in [0.717, 1.165) is 72.7 Å². The standard InChI is InChI=1S/C29H32N6O5S/c1-38-20-4-5-21(25(15-20)40-3)22-6-7-24(39-2)23(33-22)17-30-16-18-9-12-35(13-10-18)28-31-11-8-19(32-28)14-26-27(36)34-29(37)41-26/h4-8,11,14-15,18,30H,9-10,12-13,16-17H2,1-3H3,(H,34,36,37)/b26-14+. The lowest BCUT2D eigenvalue weighted by atomic mass is 9.97. The van der Waals surface area contributed by atoms with E-state index in [9.17, 15) is 9.59 Å². The largest absolute Gasteiger partial charge is 0.497 e. The average Bonchev–Trinajstić information content (AvgIpc) is 3.32. The van der Waals surface area contributed by atoms with Crippen LogP contribution in [0.2, 0.25) is 0 Å². The van der Waals surface area contributed by atoms with E-state index in [-0.39, 0.29) is 5.24 Å². The highest BCUT2D eigenvalue weighted by molar-refractivity contribution is 8.18. The van der Waals surface area contributed by atoms with Gasteiger partial charge in [0.05, 0.1) is 43.3 Å². The number of pyridine rings is 1. The maximum atomic E-state index is 11.9. The van der Waals surface area contributed by atoms with Gasteiger partial charge in [-0.15, -0.1) is 0 Å². The lowest BCUT2D eigenvalue weighted by Crippen LogP contribution is -2.38. The van der Waals surface area contributed by atoms with Crippen molar-refractivity contribution < 1.29 is 23.8 Å². The van der Waals surface area contributed by atoms with Crippen molar-refractivity contribution in [2.24, 2.45) is 5.92 Å². The number of ether oxygens (including phenoxy) is 3. The molecule has 5 rings (SSSR count). The molecule has 2 saturated heterocycles. The second kappa shape index (κ2) is 13.0. The fraction of sp³-hybridized carbons (Fsp3) is 0.345. The van der Waals surface area contributed by atoms with Crippen molar-refractivity contribution in [3.63, 3.8) is 0 Å². The topological polar surface area (TPSA) is 128 Å². The fourth-order valence-corrected chi connectivity index (χ4v) is 5.51. The third-order valence-electron chi connectivity index (χ3n) is 7.05. The highest BCUT2D eigenvalue weighted by Gasteiger charge is 2.26. The van der Waals surface area contributed by atoms with Crippen LogP contribution in [0.25, 0.3) is 17.3 Å². The van der Waals surface area contributed by atoms with E-state index >= 15 is 0 Å². The van der Waals surface area contributed by atoms with Gasteiger partial charge in [0.15, 0.2) is 0 Å². The van der Waals surface area contributed by atoms with Gasteiger partial charge >= 0.3 is 0 Å². The van der Waals surface area contributed by atoms with E-state index in [4.69, 9.17) is 19.2 Å². The minimum absolute atomic E-state index is 0.337. The Labute approximate surface area is 242 Å². The Morgan fingerprint density at radius 2 is 1.83 bits per heavy atom. The number of amides is 2. The van der Waals surface area contributed by atoms with E-state index < -0.39 is 5.91 Å². The zero-order valence-corrected chi connectivity index (χ0v) is 24.0. The number of anilines is 1. The summed E-state index contributed by atoms with van der Waals surface area (Å²) in [6, 6.07) is 11.3. The summed E-state index contributed by atoms with van der Waals surface area (Å²) in [7, 11) is 4.91. The predicted octanol–water partition coefficient (Wildman–Crippen LogP) is 3.89. The van der Waals surface area contributed by atoms with E-state index in [1.165, 1.54) is 0 Å². The van der Waals surface area contributed by atoms with Crippen LogP contribution in [0.15, 0.2) is 47.5 Å². The molecule has 11 nitrogen and oxygen atoms in total. The van der Waals surface area contributed by atoms with Crippen LogP contribution in [-0.4, -0.2) is 67.1 Å². The lowest BCUT2D eigenvalue weighted by molar-refractivity contribution is -0.115. The molecule has 0 unspecified atom stereocenters. The van der Waals surface area contributed by atoms with E-state index in [1.807, 2.05) is 30.3 Å². The van der Waals surface area contributed by atoms with Crippen LogP contribution in [0, 0.1) is 5.92 Å². The van der Waals surface area contributed by atoms with Crippen LogP contribution in [0.4, 0.5) is 10.7 Å². The number of aromatic nitrogens is 3. The SMILES string of the molecule is COc1ccc(-c2ccc(OC)c(CNCC3CCN(c4nccc(/C=C5/SC(=O)NC5=O)n4)CC3)n2)c(OC)c1. The molecule has 12 heteroatoms. The highest BCUT2D eigenvalue weighted by Crippen LogP contribution is 2.34. The minimum Gasteiger partial charge on any atom is -0.497 e. The second-order valence-electron chi connectivity index (χ2n) is 9.61. The third kappa shape index (κ3) is 6.77. The molecule has 2 aromatic heterocycles. The van der Waals surface area contributed by atoms with Crippen LogP contribution >= 0.6 is 11.8 Å². The van der Waals surface area contributed by atoms with Crippen molar-refractivity contribution in [1.82, 2.24) is 25.6 Å². The number of hydrogen-bond acceptors (Lipinski definition) is 11. The number of nitrogens with one attached hydrogen (secondary N) is 2. The monoisotopic (exact) mass is 576 g/mol. The van der Waals surface area contributed by atoms with Gasteiger partial charge in [-0.1, -0.05) is 0 Å². The van der Waals surface area contributed by atoms with Crippen LogP contribution < -0.4 is 29.7 Å². The minimum atomic E-state index is -0.395. The van der Waals surface area contributed by atoms with Crippen LogP contribution in [0.5, 0.6) is 17.2 Å². The highest BCUT2D eigenvalue weighted by atomic mass is 32.2. The number of carbonyl (C=O) groups excluding carboxylic acids is 2. The summed E-state index contributed by atoms with van der Waals surface area (Å²) in [6.07, 6.45) is 5.27. The number of benzene rings is 1. The van der Waals surface area contributed by atoms with Crippen LogP contribution in [0.1, 0.15) is 24.2 Å². The zero-order chi connectivity index (χ0) is 28.8. The smallest absolute Gasteiger partial charge is 0.290 e. The quantitative estimate of drug-likeness (QED) is 0.341. The molecule has 0 spiro atoms. The van der Waals surface area contributed by atoms with E-state index in [2.05, 4.69) is 25.5 Å². The second-order valence-corrected chi connectivity index (χ2v) is 10.6. The molecule has 2 fully saturated rings. The molecule has 1 aromatic carbocycles. The summed E-state index contributed by atoms with van der Waals surface area (Å²) in [5, 5.41) is 5.45. The predicted molar refractivity (Wildman–Crippen MR) is 157 cm³/mol. The fourth-order valence-electron chi connectivity index (χ4n) is 4.84. The maximum absolute atomic E-state index is 11.9. The molecule has 0 atom stereocenters. The molecular weight excluding hydrogens is 544 g/mol. The van der Waals surface area contributed by atoms with E-state index in [0.29, 0.717) is 34.8 Å². The van der Waals surface area contributed by atoms with Crippen molar-refractivity contribution >= 4 is 34.9 Å². The van der Waals surface area contributed by atoms with Gasteiger partial charge in [-0.3, -0.25) is 14.9 Å². The van der Waals surface area contributed by atoms with Gasteiger partial charge in [0.25, 0.3) is 11.1 Å². The number of rotatable bonds is 10. The number of carbonyl (C=O) groups is 2. The number of thioether (sulfide) groups is 1. The van der Waals surface area contributed by atoms with Gasteiger partial charge in [-0.05, 0) is 73.5 Å². The molecule has 0 saturated carbocycles. The Morgan fingerprint density at radius 3 is 2.54 bits per heavy atom. The molecule has 2 N–H and O–H groups in total. The Kier molecular flexibility index (Phi) is 9.00. The molecule has 0 aliphatic carbocycles. The zero-order valence-electron chi connectivity index (χ0n) is 23.2. The van der Waals surface area contributed by atoms with Gasteiger partial charge in [0.2, 0.25) is 5.95 Å². The summed E-state index contributed by atoms with van der Waals surface area (Å²) in [5.74, 6) is 2.87. The van der Waals surface area contributed by atoms with Gasteiger partial charge < -0.3 is 24.4 Å². The number of piperidine rings is 1. The van der Waals surface area contributed by atoms with Gasteiger partial charge in [0.1, 0.15) is 17.2 Å². The summed E-state index contributed by atoms with van der Waals surface area (Å²) in [4.78, 5) is 39.7. The maximum Gasteiger partial charge on any atom is 0.290 e. The normalized spacial score (nSPS) is 16.7. The lowest BCUT2D eigenvalue weighted by Gasteiger charge is -2.32. The Hall–Kier alpha value is -4.16. The van der Waals surface area contributed by atoms with Gasteiger partial charge in [0, 0.05) is 37.5 Å². The first-order valence-electron chi connectivity index (χ1n) is 13.3. The molecular formula is C29H32N6O5S. The number of imide groups is 1. The van der Waals surface area contributed by atoms with Gasteiger partial charge in [-0.25, -0.2) is 15.0 Å². The number of hydrogen-bond donors (Lipinski definition) is 2. The van der Waals surface area contributed by atoms with Crippen molar-refractivity contribution in [1.29, 1.82) is 0 Å². The average molecular weight is 577 g/mol. The van der Waals surface area contributed by atoms with Crippen molar-refractivity contribution in [3.05, 3.63) is 58.9 Å². The molecule has 41 heavy (non-hydrogen) atoms. The molecule has 2 aliphatic rings. The first-order chi connectivity index (χ1) is 20.0. The molecule has 0 radical (unpaired) electrons. The molecule has 214 valence electrons. The summed E-state index contributed by atoms with van der Waals surface area (Å²) >= 11 is 0.879. The van der Waals surface area contributed by atoms with Crippen LogP contribution in [0.3, 0.4) is 0 Å². The van der Waals surface area contributed by atoms with Crippen LogP contribution in [-0.2, 0) is 11.3 Å². The Balaban J connectivity index is 1.17.